The maximum absolute atomic E-state index is 13.7. The largest absolute Gasteiger partial charge is 0.473 e. The number of rotatable bonds is 6. The Bertz CT molecular complexity index is 1090. The number of benzene rings is 2. The van der Waals surface area contributed by atoms with Crippen molar-refractivity contribution in [3.63, 3.8) is 0 Å². The number of esters is 1. The molecule has 0 radical (unpaired) electrons. The molecule has 0 bridgehead atoms. The van der Waals surface area contributed by atoms with Crippen molar-refractivity contribution in [2.24, 2.45) is 5.92 Å². The van der Waals surface area contributed by atoms with Crippen LogP contribution in [-0.2, 0) is 23.9 Å². The van der Waals surface area contributed by atoms with Crippen molar-refractivity contribution >= 4 is 41.3 Å². The smallest absolute Gasteiger partial charge is 0.414 e. The fourth-order valence-electron chi connectivity index (χ4n) is 3.37. The molecule has 194 valence electrons. The first kappa shape index (κ1) is 28.9. The zero-order valence-corrected chi connectivity index (χ0v) is 21.8. The third-order valence-corrected chi connectivity index (χ3v) is 6.69. The molecule has 2 aromatic rings. The number of likely N-dealkylation sites (N-methyl/N-ethyl adjacent to an activating group) is 1. The quantitative estimate of drug-likeness (QED) is 0.390. The molecule has 0 aliphatic carbocycles. The Morgan fingerprint density at radius 2 is 1.61 bits per heavy atom. The highest BCUT2D eigenvalue weighted by Crippen LogP contribution is 2.47. The number of nitrogens with one attached hydrogen (secondary N) is 1. The predicted molar refractivity (Wildman–Crippen MR) is 137 cm³/mol. The lowest BCUT2D eigenvalue weighted by Gasteiger charge is -2.28. The number of hydrogen-bond donors (Lipinski definition) is 3. The summed E-state index contributed by atoms with van der Waals surface area (Å²) in [4.78, 5) is 47.2. The molecule has 0 saturated heterocycles. The summed E-state index contributed by atoms with van der Waals surface area (Å²) in [7, 11) is 1.86. The number of thioether (sulfide) groups is 1. The second-order valence-corrected chi connectivity index (χ2v) is 9.82. The van der Waals surface area contributed by atoms with E-state index >= 15 is 0 Å². The molecule has 0 saturated carbocycles. The minimum atomic E-state index is -1.82. The maximum atomic E-state index is 13.7. The Hall–Kier alpha value is -3.37. The Morgan fingerprint density at radius 1 is 1.03 bits per heavy atom. The summed E-state index contributed by atoms with van der Waals surface area (Å²) in [5.41, 5.74) is 4.11. The number of carboxylic acid groups (broad SMARTS) is 2. The highest BCUT2D eigenvalue weighted by atomic mass is 32.2. The van der Waals surface area contributed by atoms with Crippen LogP contribution in [0.1, 0.15) is 35.8 Å². The summed E-state index contributed by atoms with van der Waals surface area (Å²) in [6, 6.07) is 14.2. The highest BCUT2D eigenvalue weighted by Gasteiger charge is 2.41. The zero-order chi connectivity index (χ0) is 27.0. The number of aryl methyl sites for hydroxylation is 2. The molecule has 9 nitrogen and oxygen atoms in total. The van der Waals surface area contributed by atoms with Gasteiger partial charge in [0.05, 0.1) is 16.9 Å². The van der Waals surface area contributed by atoms with Gasteiger partial charge in [0.25, 0.3) is 5.91 Å². The highest BCUT2D eigenvalue weighted by molar-refractivity contribution is 7.99. The van der Waals surface area contributed by atoms with Crippen molar-refractivity contribution in [2.75, 3.05) is 25.0 Å². The van der Waals surface area contributed by atoms with E-state index in [-0.39, 0.29) is 23.0 Å². The standard InChI is InChI=1S/C24H30N2O3S.C2H2O4/c1-15(2)24(28)29-21-22(18-9-6-16(3)7-10-18)30-20-14-17(4)8-11-19(20)26(23(21)27)13-12-25-5;3-1(4)2(5)6/h6-11,14-15,21-22,25H,12-13H2,1-5H3;(H,3,4)(H,5,6). The van der Waals surface area contributed by atoms with Crippen LogP contribution in [0.2, 0.25) is 0 Å². The molecule has 3 N–H and O–H groups in total. The van der Waals surface area contributed by atoms with E-state index in [0.29, 0.717) is 13.1 Å². The molecule has 0 fully saturated rings. The van der Waals surface area contributed by atoms with Gasteiger partial charge in [0.1, 0.15) is 0 Å². The number of ether oxygens (including phenoxy) is 1. The molecule has 0 aromatic heterocycles. The fourth-order valence-corrected chi connectivity index (χ4v) is 4.78. The number of aliphatic carboxylic acids is 2. The van der Waals surface area contributed by atoms with Gasteiger partial charge >= 0.3 is 17.9 Å². The summed E-state index contributed by atoms with van der Waals surface area (Å²) in [5, 5.41) is 17.6. The molecule has 1 heterocycles. The van der Waals surface area contributed by atoms with E-state index in [1.807, 2.05) is 57.3 Å². The van der Waals surface area contributed by atoms with Gasteiger partial charge in [-0.2, -0.15) is 0 Å². The Morgan fingerprint density at radius 3 is 2.14 bits per heavy atom. The van der Waals surface area contributed by atoms with E-state index in [1.165, 1.54) is 0 Å². The number of fused-ring (bicyclic) bond motifs is 1. The van der Waals surface area contributed by atoms with Crippen LogP contribution in [0.3, 0.4) is 0 Å². The Balaban J connectivity index is 0.000000678. The molecule has 0 spiro atoms. The second-order valence-electron chi connectivity index (χ2n) is 8.64. The number of carbonyl (C=O) groups is 4. The first-order valence-electron chi connectivity index (χ1n) is 11.4. The average molecular weight is 517 g/mol. The number of hydrogen-bond acceptors (Lipinski definition) is 7. The van der Waals surface area contributed by atoms with Gasteiger partial charge in [-0.1, -0.05) is 49.7 Å². The summed E-state index contributed by atoms with van der Waals surface area (Å²) < 4.78 is 5.84. The summed E-state index contributed by atoms with van der Waals surface area (Å²) in [6.45, 7) is 8.79. The van der Waals surface area contributed by atoms with Crippen LogP contribution < -0.4 is 10.2 Å². The molecule has 1 aliphatic heterocycles. The fraction of sp³-hybridized carbons (Fsp3) is 0.385. The van der Waals surface area contributed by atoms with Gasteiger partial charge in [-0.15, -0.1) is 11.8 Å². The van der Waals surface area contributed by atoms with E-state index in [9.17, 15) is 9.59 Å². The molecule has 2 aromatic carbocycles. The summed E-state index contributed by atoms with van der Waals surface area (Å²) in [6.07, 6.45) is -0.892. The van der Waals surface area contributed by atoms with Crippen molar-refractivity contribution in [1.29, 1.82) is 0 Å². The number of carbonyl (C=O) groups excluding carboxylic acids is 2. The Labute approximate surface area is 214 Å². The van der Waals surface area contributed by atoms with Crippen LogP contribution in [0.5, 0.6) is 0 Å². The molecule has 10 heteroatoms. The lowest BCUT2D eigenvalue weighted by molar-refractivity contribution is -0.159. The van der Waals surface area contributed by atoms with Gasteiger partial charge in [0, 0.05) is 18.0 Å². The van der Waals surface area contributed by atoms with E-state index in [1.54, 1.807) is 30.5 Å². The van der Waals surface area contributed by atoms with E-state index in [0.717, 1.165) is 27.3 Å². The van der Waals surface area contributed by atoms with Crippen LogP contribution in [-0.4, -0.2) is 60.3 Å². The van der Waals surface area contributed by atoms with Gasteiger partial charge in [-0.05, 0) is 44.2 Å². The minimum Gasteiger partial charge on any atom is -0.473 e. The first-order valence-corrected chi connectivity index (χ1v) is 12.3. The van der Waals surface area contributed by atoms with Gasteiger partial charge in [0.15, 0.2) is 6.10 Å². The van der Waals surface area contributed by atoms with Crippen LogP contribution in [0.25, 0.3) is 0 Å². The molecule has 1 aliphatic rings. The maximum Gasteiger partial charge on any atom is 0.414 e. The molecular weight excluding hydrogens is 484 g/mol. The Kier molecular flexibility index (Phi) is 10.5. The van der Waals surface area contributed by atoms with Gasteiger partial charge < -0.3 is 25.2 Å². The third kappa shape index (κ3) is 7.56. The van der Waals surface area contributed by atoms with Crippen molar-refractivity contribution in [2.45, 2.75) is 43.9 Å². The van der Waals surface area contributed by atoms with Crippen LogP contribution >= 0.6 is 11.8 Å². The van der Waals surface area contributed by atoms with Crippen molar-refractivity contribution < 1.29 is 34.1 Å². The molecule has 2 unspecified atom stereocenters. The van der Waals surface area contributed by atoms with E-state index < -0.39 is 18.0 Å². The topological polar surface area (TPSA) is 133 Å². The molecule has 3 rings (SSSR count). The lowest BCUT2D eigenvalue weighted by atomic mass is 10.0. The van der Waals surface area contributed by atoms with Crippen molar-refractivity contribution in [1.82, 2.24) is 5.32 Å². The molecule has 2 atom stereocenters. The van der Waals surface area contributed by atoms with Crippen LogP contribution in [0.4, 0.5) is 5.69 Å². The van der Waals surface area contributed by atoms with E-state index in [2.05, 4.69) is 11.4 Å². The molecular formula is C26H32N2O7S. The SMILES string of the molecule is CNCCN1C(=O)C(OC(=O)C(C)C)C(c2ccc(C)cc2)Sc2cc(C)ccc21.O=C(O)C(=O)O. The summed E-state index contributed by atoms with van der Waals surface area (Å²) >= 11 is 1.59. The van der Waals surface area contributed by atoms with Crippen molar-refractivity contribution in [3.05, 3.63) is 59.2 Å². The van der Waals surface area contributed by atoms with Gasteiger partial charge in [-0.3, -0.25) is 9.59 Å². The summed E-state index contributed by atoms with van der Waals surface area (Å²) in [5.74, 6) is -4.49. The minimum absolute atomic E-state index is 0.181. The number of anilines is 1. The molecule has 1 amide bonds. The first-order chi connectivity index (χ1) is 17.0. The number of carboxylic acids is 2. The normalized spacial score (nSPS) is 16.9. The second kappa shape index (κ2) is 13.1. The van der Waals surface area contributed by atoms with Gasteiger partial charge in [0.2, 0.25) is 0 Å². The van der Waals surface area contributed by atoms with Crippen LogP contribution in [0, 0.1) is 19.8 Å². The van der Waals surface area contributed by atoms with Crippen molar-refractivity contribution in [3.8, 4) is 0 Å². The van der Waals surface area contributed by atoms with Gasteiger partial charge in [-0.25, -0.2) is 9.59 Å². The number of amides is 1. The van der Waals surface area contributed by atoms with E-state index in [4.69, 9.17) is 24.5 Å². The zero-order valence-electron chi connectivity index (χ0n) is 21.0. The third-order valence-electron chi connectivity index (χ3n) is 5.33. The lowest BCUT2D eigenvalue weighted by Crippen LogP contribution is -2.45. The van der Waals surface area contributed by atoms with Crippen LogP contribution in [0.15, 0.2) is 47.4 Å². The number of nitrogens with zero attached hydrogens (tertiary/aromatic N) is 1. The average Bonchev–Trinajstić information content (AvgIpc) is 2.93. The monoisotopic (exact) mass is 516 g/mol. The predicted octanol–water partition coefficient (Wildman–Crippen LogP) is 3.43. The molecule has 36 heavy (non-hydrogen) atoms.